The van der Waals surface area contributed by atoms with Gasteiger partial charge in [-0.15, -0.1) is 0 Å². The summed E-state index contributed by atoms with van der Waals surface area (Å²) >= 11 is 3.56. The smallest absolute Gasteiger partial charge is 0.238 e. The van der Waals surface area contributed by atoms with E-state index in [1.165, 1.54) is 0 Å². The van der Waals surface area contributed by atoms with Crippen LogP contribution in [0.25, 0.3) is 6.08 Å². The van der Waals surface area contributed by atoms with Gasteiger partial charge >= 0.3 is 0 Å². The van der Waals surface area contributed by atoms with Crippen molar-refractivity contribution < 1.29 is 14.4 Å². The number of nitrogens with zero attached hydrogens (tertiary/aromatic N) is 1. The van der Waals surface area contributed by atoms with Gasteiger partial charge in [-0.05, 0) is 35.4 Å². The van der Waals surface area contributed by atoms with Crippen LogP contribution in [0.5, 0.6) is 0 Å². The fourth-order valence-corrected chi connectivity index (χ4v) is 7.08. The highest BCUT2D eigenvalue weighted by atomic mass is 79.9. The summed E-state index contributed by atoms with van der Waals surface area (Å²) in [5.41, 5.74) is 2.83. The van der Waals surface area contributed by atoms with Gasteiger partial charge in [-0.25, -0.2) is 0 Å². The molecule has 0 aliphatic carbocycles. The Labute approximate surface area is 234 Å². The summed E-state index contributed by atoms with van der Waals surface area (Å²) in [6.07, 6.45) is 3.98. The Hall–Kier alpha value is -4.29. The lowest BCUT2D eigenvalue weighted by Crippen LogP contribution is -2.51. The first kappa shape index (κ1) is 23.8. The average Bonchev–Trinajstić information content (AvgIpc) is 3.45. The number of rotatable bonds is 4. The molecule has 4 aromatic carbocycles. The van der Waals surface area contributed by atoms with Crippen LogP contribution in [0.3, 0.4) is 0 Å². The van der Waals surface area contributed by atoms with Gasteiger partial charge in [0.05, 0.1) is 12.0 Å². The number of carbonyl (C=O) groups excluding carboxylic acids is 3. The van der Waals surface area contributed by atoms with E-state index >= 15 is 0 Å². The number of nitrogens with one attached hydrogen (secondary N) is 1. The predicted octanol–water partition coefficient (Wildman–Crippen LogP) is 6.31. The number of amides is 1. The molecular weight excluding hydrogens is 552 g/mol. The SMILES string of the molecule is O=C(c1ccccc1)[C@@H]1[C@H](C(=O)c2ccccc2)[C@]2(C(=O)Nc3ccccc32)[C@H]2C=Cc3cc(Br)ccc3N12. The van der Waals surface area contributed by atoms with E-state index in [-0.39, 0.29) is 17.5 Å². The topological polar surface area (TPSA) is 66.5 Å². The van der Waals surface area contributed by atoms with Gasteiger partial charge in [0.2, 0.25) is 5.91 Å². The zero-order valence-electron chi connectivity index (χ0n) is 20.8. The first-order valence-corrected chi connectivity index (χ1v) is 13.7. The Morgan fingerprint density at radius 1 is 0.795 bits per heavy atom. The third-order valence-corrected chi connectivity index (χ3v) is 8.76. The van der Waals surface area contributed by atoms with Crippen LogP contribution in [0.2, 0.25) is 0 Å². The Kier molecular flexibility index (Phi) is 5.42. The van der Waals surface area contributed by atoms with Crippen molar-refractivity contribution in [1.29, 1.82) is 0 Å². The monoisotopic (exact) mass is 574 g/mol. The van der Waals surface area contributed by atoms with Gasteiger partial charge in [-0.3, -0.25) is 14.4 Å². The number of anilines is 2. The molecule has 1 N–H and O–H groups in total. The maximum Gasteiger partial charge on any atom is 0.238 e. The molecule has 5 nitrogen and oxygen atoms in total. The maximum absolute atomic E-state index is 14.6. The van der Waals surface area contributed by atoms with E-state index in [4.69, 9.17) is 0 Å². The van der Waals surface area contributed by atoms with Crippen molar-refractivity contribution in [3.63, 3.8) is 0 Å². The van der Waals surface area contributed by atoms with Crippen LogP contribution >= 0.6 is 15.9 Å². The highest BCUT2D eigenvalue weighted by molar-refractivity contribution is 9.10. The van der Waals surface area contributed by atoms with Gasteiger partial charge < -0.3 is 10.2 Å². The molecule has 3 aliphatic heterocycles. The minimum atomic E-state index is -1.31. The molecule has 0 unspecified atom stereocenters. The van der Waals surface area contributed by atoms with E-state index in [2.05, 4.69) is 21.2 Å². The van der Waals surface area contributed by atoms with Crippen molar-refractivity contribution >= 4 is 50.9 Å². The third-order valence-electron chi connectivity index (χ3n) is 8.26. The van der Waals surface area contributed by atoms with Crippen molar-refractivity contribution in [2.45, 2.75) is 17.5 Å². The quantitative estimate of drug-likeness (QED) is 0.290. The van der Waals surface area contributed by atoms with E-state index in [9.17, 15) is 14.4 Å². The third kappa shape index (κ3) is 3.34. The number of fused-ring (bicyclic) bond motifs is 6. The van der Waals surface area contributed by atoms with Crippen molar-refractivity contribution in [2.24, 2.45) is 5.92 Å². The molecule has 1 spiro atoms. The van der Waals surface area contributed by atoms with Crippen molar-refractivity contribution in [1.82, 2.24) is 0 Å². The molecule has 1 amide bonds. The van der Waals surface area contributed by atoms with Crippen LogP contribution in [0, 0.1) is 5.92 Å². The van der Waals surface area contributed by atoms with Crippen LogP contribution in [0.1, 0.15) is 31.8 Å². The Morgan fingerprint density at radius 3 is 2.15 bits per heavy atom. The Bertz CT molecular complexity index is 1680. The summed E-state index contributed by atoms with van der Waals surface area (Å²) in [7, 11) is 0. The van der Waals surface area contributed by atoms with E-state index in [1.54, 1.807) is 24.3 Å². The van der Waals surface area contributed by atoms with Crippen LogP contribution < -0.4 is 10.2 Å². The van der Waals surface area contributed by atoms with E-state index in [0.29, 0.717) is 16.8 Å². The van der Waals surface area contributed by atoms with Gasteiger partial charge in [-0.1, -0.05) is 107 Å². The number of carbonyl (C=O) groups is 3. The lowest BCUT2D eigenvalue weighted by atomic mass is 9.64. The number of benzene rings is 4. The predicted molar refractivity (Wildman–Crippen MR) is 155 cm³/mol. The molecule has 4 atom stereocenters. The van der Waals surface area contributed by atoms with Crippen LogP contribution in [0.4, 0.5) is 11.4 Å². The molecule has 0 radical (unpaired) electrons. The summed E-state index contributed by atoms with van der Waals surface area (Å²) in [4.78, 5) is 45.5. The highest BCUT2D eigenvalue weighted by Gasteiger charge is 2.70. The molecule has 1 fully saturated rings. The first-order valence-electron chi connectivity index (χ1n) is 12.9. The van der Waals surface area contributed by atoms with E-state index in [1.807, 2.05) is 95.9 Å². The lowest BCUT2D eigenvalue weighted by molar-refractivity contribution is -0.121. The molecule has 0 saturated carbocycles. The molecule has 0 aromatic heterocycles. The number of Topliss-reactive ketones (excluding diaryl/α,β-unsaturated/α-hetero) is 2. The van der Waals surface area contributed by atoms with Crippen molar-refractivity contribution in [2.75, 3.05) is 10.2 Å². The number of hydrogen-bond acceptors (Lipinski definition) is 4. The van der Waals surface area contributed by atoms with Gasteiger partial charge in [-0.2, -0.15) is 0 Å². The number of halogens is 1. The molecule has 6 heteroatoms. The minimum absolute atomic E-state index is 0.187. The normalized spacial score (nSPS) is 24.2. The molecule has 39 heavy (non-hydrogen) atoms. The molecule has 1 saturated heterocycles. The summed E-state index contributed by atoms with van der Waals surface area (Å²) in [5, 5.41) is 3.06. The van der Waals surface area contributed by atoms with Gasteiger partial charge in [0.1, 0.15) is 11.5 Å². The average molecular weight is 575 g/mol. The van der Waals surface area contributed by atoms with E-state index < -0.39 is 23.4 Å². The molecule has 0 bridgehead atoms. The molecule has 190 valence electrons. The van der Waals surface area contributed by atoms with Crippen molar-refractivity contribution in [3.05, 3.63) is 136 Å². The summed E-state index contributed by atoms with van der Waals surface area (Å²) in [5.74, 6) is -1.65. The number of hydrogen-bond donors (Lipinski definition) is 1. The lowest BCUT2D eigenvalue weighted by Gasteiger charge is -2.37. The zero-order valence-corrected chi connectivity index (χ0v) is 22.3. The van der Waals surface area contributed by atoms with E-state index in [0.717, 1.165) is 21.3 Å². The first-order chi connectivity index (χ1) is 19.0. The molecule has 3 aliphatic rings. The number of ketones is 2. The standard InChI is InChI=1S/C33H23BrN2O3/c34-23-16-17-26-22(19-23)15-18-27-33(24-13-7-8-14-25(24)35-32(33)39)28(30(37)20-9-3-1-4-10-20)29(36(26)27)31(38)21-11-5-2-6-12-21/h1-19,27-29H,(H,35,39)/t27-,28-,29+,33-/m1/s1. The maximum atomic E-state index is 14.6. The van der Waals surface area contributed by atoms with Gasteiger partial charge in [0.25, 0.3) is 0 Å². The second-order valence-electron chi connectivity index (χ2n) is 10.2. The molecular formula is C33H23BrN2O3. The van der Waals surface area contributed by atoms with Crippen LogP contribution in [-0.2, 0) is 10.2 Å². The number of para-hydroxylation sites is 1. The fraction of sp³-hybridized carbons (Fsp3) is 0.121. The second kappa shape index (κ2) is 8.89. The summed E-state index contributed by atoms with van der Waals surface area (Å²) < 4.78 is 0.907. The Balaban J connectivity index is 1.55. The fourth-order valence-electron chi connectivity index (χ4n) is 6.71. The molecule has 3 heterocycles. The van der Waals surface area contributed by atoms with Gasteiger partial charge in [0.15, 0.2) is 11.6 Å². The van der Waals surface area contributed by atoms with Gasteiger partial charge in [0, 0.05) is 27.0 Å². The minimum Gasteiger partial charge on any atom is -0.352 e. The zero-order chi connectivity index (χ0) is 26.7. The summed E-state index contributed by atoms with van der Waals surface area (Å²) in [6.45, 7) is 0. The molecule has 7 rings (SSSR count). The Morgan fingerprint density at radius 2 is 1.44 bits per heavy atom. The largest absolute Gasteiger partial charge is 0.352 e. The summed E-state index contributed by atoms with van der Waals surface area (Å²) in [6, 6.07) is 30.0. The molecule has 4 aromatic rings. The second-order valence-corrected chi connectivity index (χ2v) is 11.1. The van der Waals surface area contributed by atoms with Crippen molar-refractivity contribution in [3.8, 4) is 0 Å². The van der Waals surface area contributed by atoms with Crippen LogP contribution in [0.15, 0.2) is 114 Å². The van der Waals surface area contributed by atoms with Crippen LogP contribution in [-0.4, -0.2) is 29.6 Å². The highest BCUT2D eigenvalue weighted by Crippen LogP contribution is 2.58.